The fourth-order valence-corrected chi connectivity index (χ4v) is 1.87. The van der Waals surface area contributed by atoms with Crippen molar-refractivity contribution in [2.24, 2.45) is 0 Å². The Labute approximate surface area is 78.5 Å². The van der Waals surface area contributed by atoms with Gasteiger partial charge in [-0.3, -0.25) is 4.79 Å². The first-order valence-electron chi connectivity index (χ1n) is 4.36. The Morgan fingerprint density at radius 2 is 1.69 bits per heavy atom. The quantitative estimate of drug-likeness (QED) is 0.511. The van der Waals surface area contributed by atoms with Crippen LogP contribution in [-0.4, -0.2) is 17.7 Å². The van der Waals surface area contributed by atoms with Crippen molar-refractivity contribution in [2.75, 3.05) is 6.61 Å². The molecule has 0 heterocycles. The van der Waals surface area contributed by atoms with Crippen molar-refractivity contribution in [3.05, 3.63) is 0 Å². The van der Waals surface area contributed by atoms with E-state index in [2.05, 4.69) is 0 Å². The molecule has 0 atom stereocenters. The van der Waals surface area contributed by atoms with E-state index >= 15 is 0 Å². The molecule has 0 rings (SSSR count). The lowest BCUT2D eigenvalue weighted by Crippen LogP contribution is -2.34. The minimum Gasteiger partial charge on any atom is -0.465 e. The van der Waals surface area contributed by atoms with Crippen LogP contribution in [0.3, 0.4) is 0 Å². The third-order valence-electron chi connectivity index (χ3n) is 2.17. The number of hydrogen-bond acceptors (Lipinski definition) is 4. The zero-order chi connectivity index (χ0) is 10.5. The number of ether oxygens (including phenoxy) is 1. The summed E-state index contributed by atoms with van der Waals surface area (Å²) in [6.07, 6.45) is 0.530. The summed E-state index contributed by atoms with van der Waals surface area (Å²) in [4.78, 5) is 11.4. The van der Waals surface area contributed by atoms with Gasteiger partial charge in [0.2, 0.25) is 0 Å². The van der Waals surface area contributed by atoms with Gasteiger partial charge in [0.15, 0.2) is 5.16 Å². The summed E-state index contributed by atoms with van der Waals surface area (Å²) in [7, 11) is -2.77. The van der Waals surface area contributed by atoms with Gasteiger partial charge in [-0.25, -0.2) is 9.13 Å². The molecule has 0 aromatic rings. The normalized spacial score (nSPS) is 11.0. The van der Waals surface area contributed by atoms with E-state index in [4.69, 9.17) is 4.74 Å². The summed E-state index contributed by atoms with van der Waals surface area (Å²) < 4.78 is 26.6. The number of carbonyl (C=O) groups is 1. The molecule has 0 aliphatic rings. The SMILES string of the molecule is CCOC(=O)C(CC)(CC)P(=O)=O. The van der Waals surface area contributed by atoms with E-state index < -0.39 is 18.8 Å². The van der Waals surface area contributed by atoms with Crippen LogP contribution in [0.15, 0.2) is 0 Å². The summed E-state index contributed by atoms with van der Waals surface area (Å²) in [6, 6.07) is 0. The van der Waals surface area contributed by atoms with Gasteiger partial charge in [0.05, 0.1) is 6.61 Å². The number of esters is 1. The molecule has 0 N–H and O–H groups in total. The molecule has 4 nitrogen and oxygen atoms in total. The maximum atomic E-state index is 11.4. The fourth-order valence-electron chi connectivity index (χ4n) is 1.14. The molecule has 13 heavy (non-hydrogen) atoms. The molecule has 0 saturated carbocycles. The Kier molecular flexibility index (Phi) is 4.92. The monoisotopic (exact) mass is 206 g/mol. The molecule has 5 heteroatoms. The zero-order valence-electron chi connectivity index (χ0n) is 8.20. The van der Waals surface area contributed by atoms with Crippen LogP contribution in [0.5, 0.6) is 0 Å². The van der Waals surface area contributed by atoms with Crippen molar-refractivity contribution in [3.8, 4) is 0 Å². The van der Waals surface area contributed by atoms with Crippen LogP contribution in [0, 0.1) is 0 Å². The van der Waals surface area contributed by atoms with Gasteiger partial charge in [0, 0.05) is 0 Å². The average Bonchev–Trinajstić information content (AvgIpc) is 2.07. The van der Waals surface area contributed by atoms with Crippen molar-refractivity contribution in [1.82, 2.24) is 0 Å². The average molecular weight is 206 g/mol. The van der Waals surface area contributed by atoms with Gasteiger partial charge in [-0.2, -0.15) is 0 Å². The fraction of sp³-hybridized carbons (Fsp3) is 0.875. The molecule has 0 spiro atoms. The highest BCUT2D eigenvalue weighted by atomic mass is 31.1. The summed E-state index contributed by atoms with van der Waals surface area (Å²) in [5, 5.41) is -1.31. The Morgan fingerprint density at radius 1 is 1.23 bits per heavy atom. The van der Waals surface area contributed by atoms with Crippen LogP contribution < -0.4 is 0 Å². The highest BCUT2D eigenvalue weighted by Crippen LogP contribution is 2.37. The Hall–Kier alpha value is -0.630. The van der Waals surface area contributed by atoms with Gasteiger partial charge >= 0.3 is 13.6 Å². The molecule has 0 aromatic heterocycles. The molecular weight excluding hydrogens is 191 g/mol. The van der Waals surface area contributed by atoms with Crippen molar-refractivity contribution in [2.45, 2.75) is 38.8 Å². The molecule has 0 aliphatic heterocycles. The van der Waals surface area contributed by atoms with Crippen LogP contribution in [0.4, 0.5) is 0 Å². The maximum Gasteiger partial charge on any atom is 0.333 e. The topological polar surface area (TPSA) is 60.4 Å². The molecule has 0 saturated heterocycles. The zero-order valence-corrected chi connectivity index (χ0v) is 9.10. The van der Waals surface area contributed by atoms with Crippen molar-refractivity contribution in [3.63, 3.8) is 0 Å². The Morgan fingerprint density at radius 3 is 1.92 bits per heavy atom. The third kappa shape index (κ3) is 2.41. The minimum atomic E-state index is -2.77. The molecule has 0 radical (unpaired) electrons. The molecule has 0 amide bonds. The second-order valence-electron chi connectivity index (χ2n) is 2.72. The van der Waals surface area contributed by atoms with Gasteiger partial charge < -0.3 is 4.74 Å². The number of carbonyl (C=O) groups excluding carboxylic acids is 1. The summed E-state index contributed by atoms with van der Waals surface area (Å²) in [6.45, 7) is 5.21. The lowest BCUT2D eigenvalue weighted by atomic mass is 10.0. The Balaban J connectivity index is 4.86. The first kappa shape index (κ1) is 12.4. The number of hydrogen-bond donors (Lipinski definition) is 0. The minimum absolute atomic E-state index is 0.212. The molecular formula is C8H15O4P. The lowest BCUT2D eigenvalue weighted by molar-refractivity contribution is -0.146. The first-order valence-corrected chi connectivity index (χ1v) is 5.54. The van der Waals surface area contributed by atoms with Crippen LogP contribution >= 0.6 is 7.68 Å². The second-order valence-corrected chi connectivity index (χ2v) is 4.09. The molecule has 76 valence electrons. The van der Waals surface area contributed by atoms with Crippen molar-refractivity contribution >= 4 is 13.6 Å². The second kappa shape index (κ2) is 5.18. The lowest BCUT2D eigenvalue weighted by Gasteiger charge is -2.20. The third-order valence-corrected chi connectivity index (χ3v) is 3.69. The van der Waals surface area contributed by atoms with E-state index in [-0.39, 0.29) is 19.4 Å². The molecule has 0 unspecified atom stereocenters. The summed E-state index contributed by atoms with van der Waals surface area (Å²) >= 11 is 0. The predicted molar refractivity (Wildman–Crippen MR) is 48.2 cm³/mol. The van der Waals surface area contributed by atoms with Gasteiger partial charge in [-0.05, 0) is 19.8 Å². The van der Waals surface area contributed by atoms with Crippen LogP contribution in [0.1, 0.15) is 33.6 Å². The predicted octanol–water partition coefficient (Wildman–Crippen LogP) is 2.28. The molecule has 0 aromatic carbocycles. The van der Waals surface area contributed by atoms with Crippen LogP contribution in [0.2, 0.25) is 0 Å². The maximum absolute atomic E-state index is 11.4. The highest BCUT2D eigenvalue weighted by molar-refractivity contribution is 7.34. The van der Waals surface area contributed by atoms with Crippen molar-refractivity contribution < 1.29 is 18.7 Å². The first-order chi connectivity index (χ1) is 6.05. The van der Waals surface area contributed by atoms with Crippen LogP contribution in [0.25, 0.3) is 0 Å². The molecule has 0 aliphatic carbocycles. The number of rotatable bonds is 5. The van der Waals surface area contributed by atoms with Gasteiger partial charge in [0.1, 0.15) is 0 Å². The van der Waals surface area contributed by atoms with E-state index in [9.17, 15) is 13.9 Å². The summed E-state index contributed by atoms with van der Waals surface area (Å²) in [5.41, 5.74) is 0. The van der Waals surface area contributed by atoms with Gasteiger partial charge in [-0.1, -0.05) is 13.8 Å². The van der Waals surface area contributed by atoms with E-state index in [0.717, 1.165) is 0 Å². The van der Waals surface area contributed by atoms with E-state index in [1.54, 1.807) is 20.8 Å². The largest absolute Gasteiger partial charge is 0.465 e. The van der Waals surface area contributed by atoms with Crippen LogP contribution in [-0.2, 0) is 18.7 Å². The molecule has 0 bridgehead atoms. The van der Waals surface area contributed by atoms with Gasteiger partial charge in [-0.15, -0.1) is 0 Å². The van der Waals surface area contributed by atoms with E-state index in [1.165, 1.54) is 0 Å². The standard InChI is InChI=1S/C8H15O4P/c1-4-8(5-2,13(10)11)7(9)12-6-3/h4-6H2,1-3H3. The van der Waals surface area contributed by atoms with E-state index in [0.29, 0.717) is 0 Å². The Bertz CT molecular complexity index is 233. The summed E-state index contributed by atoms with van der Waals surface area (Å²) in [5.74, 6) is -0.629. The van der Waals surface area contributed by atoms with Crippen molar-refractivity contribution in [1.29, 1.82) is 0 Å². The van der Waals surface area contributed by atoms with E-state index in [1.807, 2.05) is 0 Å². The smallest absolute Gasteiger partial charge is 0.333 e. The molecule has 0 fully saturated rings. The highest BCUT2D eigenvalue weighted by Gasteiger charge is 2.42. The van der Waals surface area contributed by atoms with Gasteiger partial charge in [0.25, 0.3) is 0 Å².